The van der Waals surface area contributed by atoms with Gasteiger partial charge in [0, 0.05) is 12.3 Å². The summed E-state index contributed by atoms with van der Waals surface area (Å²) in [5.74, 6) is -0.334. The molecule has 0 aromatic carbocycles. The Kier molecular flexibility index (Phi) is 11.0. The van der Waals surface area contributed by atoms with Crippen molar-refractivity contribution in [1.82, 2.24) is 0 Å². The molecule has 0 saturated carbocycles. The van der Waals surface area contributed by atoms with E-state index < -0.39 is 6.04 Å². The second kappa shape index (κ2) is 8.53. The van der Waals surface area contributed by atoms with Gasteiger partial charge in [-0.1, -0.05) is 19.9 Å². The summed E-state index contributed by atoms with van der Waals surface area (Å²) in [6, 6.07) is -0.691. The maximum atomic E-state index is 10.9. The van der Waals surface area contributed by atoms with Gasteiger partial charge in [0.1, 0.15) is 12.1 Å². The molecule has 66 valence electrons. The second-order valence-corrected chi connectivity index (χ2v) is 2.70. The number of ketones is 1. The van der Waals surface area contributed by atoms with Gasteiger partial charge < -0.3 is 16.7 Å². The summed E-state index contributed by atoms with van der Waals surface area (Å²) in [6.45, 7) is 3.39. The van der Waals surface area contributed by atoms with Crippen molar-refractivity contribution in [2.45, 2.75) is 32.7 Å². The first-order chi connectivity index (χ1) is 5.11. The molecule has 4 heteroatoms. The van der Waals surface area contributed by atoms with Crippen LogP contribution < -0.4 is 51.4 Å². The zero-order valence-electron chi connectivity index (χ0n) is 8.96. The monoisotopic (exact) mass is 198 g/mol. The summed E-state index contributed by atoms with van der Waals surface area (Å²) in [7, 11) is 0. The summed E-state index contributed by atoms with van der Waals surface area (Å²) < 4.78 is 0. The number of hydrogen-bond donors (Lipinski definition) is 0. The van der Waals surface area contributed by atoms with Crippen molar-refractivity contribution in [3.05, 3.63) is 5.73 Å². The predicted molar refractivity (Wildman–Crippen MR) is 44.4 cm³/mol. The van der Waals surface area contributed by atoms with E-state index in [2.05, 4.69) is 0 Å². The van der Waals surface area contributed by atoms with Crippen molar-refractivity contribution in [2.75, 3.05) is 0 Å². The van der Waals surface area contributed by atoms with E-state index in [1.54, 1.807) is 0 Å². The fraction of sp³-hybridized carbons (Fsp3) is 0.750. The Hall–Kier alpha value is 0.936. The first-order valence-corrected chi connectivity index (χ1v) is 3.81. The minimum absolute atomic E-state index is 0. The normalized spacial score (nSPS) is 14.2. The quantitative estimate of drug-likeness (QED) is 0.408. The number of rotatable bonds is 5. The van der Waals surface area contributed by atoms with E-state index in [9.17, 15) is 9.59 Å². The maximum absolute atomic E-state index is 10.9. The average Bonchev–Trinajstić information content (AvgIpc) is 1.99. The molecule has 0 aromatic heterocycles. The average molecular weight is 198 g/mol. The summed E-state index contributed by atoms with van der Waals surface area (Å²) in [5.41, 5.74) is 7.06. The second-order valence-electron chi connectivity index (χ2n) is 2.70. The van der Waals surface area contributed by atoms with E-state index in [0.717, 1.165) is 6.29 Å². The van der Waals surface area contributed by atoms with Gasteiger partial charge in [0.05, 0.1) is 0 Å². The minimum atomic E-state index is -0.691. The molecule has 0 bridgehead atoms. The Balaban J connectivity index is -0.000000500. The Morgan fingerprint density at radius 2 is 2.17 bits per heavy atom. The fourth-order valence-corrected chi connectivity index (χ4v) is 0.724. The number of carbonyl (C=O) groups is 2. The van der Waals surface area contributed by atoms with E-state index in [0.29, 0.717) is 6.42 Å². The van der Waals surface area contributed by atoms with E-state index in [-0.39, 0.29) is 70.9 Å². The number of carbonyl (C=O) groups excluding carboxylic acids is 2. The van der Waals surface area contributed by atoms with Crippen molar-refractivity contribution in [3.63, 3.8) is 0 Å². The number of nitrogens with one attached hydrogen (secondary N) is 1. The van der Waals surface area contributed by atoms with E-state index in [4.69, 9.17) is 5.73 Å². The standard InChI is InChI=1S/C8H14NO2.K.H/c1-3-7(5-10)4-8(11)6(2)9;;/h5-7,9H,3-4H2,1-2H3;;/q-1;+1;-1/t6?,7-;;/m1../s1/i;;1+2. The van der Waals surface area contributed by atoms with Crippen molar-refractivity contribution >= 4 is 12.1 Å². The zero-order chi connectivity index (χ0) is 8.85. The first-order valence-electron chi connectivity index (χ1n) is 3.81. The molecule has 0 rings (SSSR count). The van der Waals surface area contributed by atoms with Gasteiger partial charge in [-0.3, -0.25) is 0 Å². The Morgan fingerprint density at radius 3 is 2.42 bits per heavy atom. The molecular formula is C8H15KNO2-. The van der Waals surface area contributed by atoms with Crippen molar-refractivity contribution in [3.8, 4) is 0 Å². The largest absolute Gasteiger partial charge is 1.00 e. The van der Waals surface area contributed by atoms with Gasteiger partial charge in [-0.15, -0.1) is 0 Å². The van der Waals surface area contributed by atoms with Gasteiger partial charge >= 0.3 is 51.4 Å². The molecule has 0 aliphatic carbocycles. The van der Waals surface area contributed by atoms with Gasteiger partial charge in [0.2, 0.25) is 0 Å². The van der Waals surface area contributed by atoms with Crippen LogP contribution in [0.25, 0.3) is 5.73 Å². The molecule has 0 heterocycles. The van der Waals surface area contributed by atoms with Crippen molar-refractivity contribution in [1.29, 1.82) is 0 Å². The molecule has 12 heavy (non-hydrogen) atoms. The van der Waals surface area contributed by atoms with Gasteiger partial charge in [-0.25, -0.2) is 0 Å². The third-order valence-electron chi connectivity index (χ3n) is 1.66. The van der Waals surface area contributed by atoms with Crippen LogP contribution in [-0.2, 0) is 9.59 Å². The summed E-state index contributed by atoms with van der Waals surface area (Å²) in [6.07, 6.45) is 1.70. The first kappa shape index (κ1) is 15.4. The molecule has 0 aliphatic rings. The van der Waals surface area contributed by atoms with Crippen LogP contribution in [0.15, 0.2) is 0 Å². The Bertz CT molecular complexity index is 153. The summed E-state index contributed by atoms with van der Waals surface area (Å²) in [5, 5.41) is 0. The van der Waals surface area contributed by atoms with Crippen molar-refractivity contribution in [2.24, 2.45) is 5.92 Å². The molecule has 0 fully saturated rings. The Labute approximate surface area is 117 Å². The molecule has 0 aliphatic heterocycles. The van der Waals surface area contributed by atoms with E-state index in [1.165, 1.54) is 6.92 Å². The van der Waals surface area contributed by atoms with Crippen LogP contribution in [0.2, 0.25) is 0 Å². The van der Waals surface area contributed by atoms with Crippen LogP contribution in [-0.4, -0.2) is 18.1 Å². The Morgan fingerprint density at radius 1 is 1.67 bits per heavy atom. The number of Topliss-reactive ketones (excluding diaryl/α,β-unsaturated/α-hetero) is 1. The zero-order valence-corrected chi connectivity index (χ0v) is 11.1. The molecule has 1 N–H and O–H groups in total. The molecule has 1 unspecified atom stereocenters. The fourth-order valence-electron chi connectivity index (χ4n) is 0.724. The van der Waals surface area contributed by atoms with Crippen LogP contribution in [0.5, 0.6) is 0 Å². The van der Waals surface area contributed by atoms with Crippen LogP contribution in [0.3, 0.4) is 0 Å². The molecule has 0 spiro atoms. The topological polar surface area (TPSA) is 57.9 Å². The molecule has 3 nitrogen and oxygen atoms in total. The SMILES string of the molecule is CC[C@@H](C=O)CC(=O)C(C)[NH-].[3H-].[K+]. The van der Waals surface area contributed by atoms with Crippen molar-refractivity contribution < 1.29 is 62.4 Å². The predicted octanol–water partition coefficient (Wildman–Crippen LogP) is -1.27. The minimum Gasteiger partial charge on any atom is -1.00 e. The van der Waals surface area contributed by atoms with Gasteiger partial charge in [-0.05, 0) is 6.42 Å². The molecule has 2 atom stereocenters. The van der Waals surface area contributed by atoms with E-state index in [1.807, 2.05) is 6.92 Å². The maximum Gasteiger partial charge on any atom is 1.00 e. The summed E-state index contributed by atoms with van der Waals surface area (Å²) in [4.78, 5) is 21.2. The third kappa shape index (κ3) is 6.45. The molecular weight excluding hydrogens is 181 g/mol. The summed E-state index contributed by atoms with van der Waals surface area (Å²) >= 11 is 0. The molecule has 0 aromatic rings. The van der Waals surface area contributed by atoms with Crippen LogP contribution >= 0.6 is 0 Å². The van der Waals surface area contributed by atoms with Gasteiger partial charge in [0.15, 0.2) is 0 Å². The third-order valence-corrected chi connectivity index (χ3v) is 1.66. The molecule has 0 amide bonds. The number of aldehydes is 1. The van der Waals surface area contributed by atoms with Crippen LogP contribution in [0, 0.1) is 5.92 Å². The molecule has 0 saturated heterocycles. The van der Waals surface area contributed by atoms with Gasteiger partial charge in [-0.2, -0.15) is 0 Å². The van der Waals surface area contributed by atoms with Crippen LogP contribution in [0.4, 0.5) is 0 Å². The molecule has 0 radical (unpaired) electrons. The van der Waals surface area contributed by atoms with Gasteiger partial charge in [0.25, 0.3) is 0 Å². The number of hydrogen-bond acceptors (Lipinski definition) is 2. The smallest absolute Gasteiger partial charge is 1.00 e. The van der Waals surface area contributed by atoms with Crippen LogP contribution in [0.1, 0.15) is 28.1 Å². The van der Waals surface area contributed by atoms with E-state index >= 15 is 0 Å².